The zero-order valence-electron chi connectivity index (χ0n) is 8.46. The lowest BCUT2D eigenvalue weighted by Gasteiger charge is -2.01. The Bertz CT molecular complexity index is 97.9. The van der Waals surface area contributed by atoms with E-state index in [-0.39, 0.29) is 12.1 Å². The number of esters is 1. The number of ether oxygens (including phenoxy) is 1. The summed E-state index contributed by atoms with van der Waals surface area (Å²) in [5.41, 5.74) is 0. The Morgan fingerprint density at radius 1 is 1.50 bits per heavy atom. The molecule has 74 valence electrons. The Morgan fingerprint density at radius 2 is 2.00 bits per heavy atom. The molecule has 0 fully saturated rings. The SMILES string of the molecule is CC(=O)OC(C)C.CCCCO. The van der Waals surface area contributed by atoms with Gasteiger partial charge in [0.25, 0.3) is 0 Å². The molecule has 0 rings (SSSR count). The van der Waals surface area contributed by atoms with E-state index in [4.69, 9.17) is 5.11 Å². The minimum Gasteiger partial charge on any atom is -0.463 e. The molecule has 12 heavy (non-hydrogen) atoms. The Hall–Kier alpha value is -0.570. The summed E-state index contributed by atoms with van der Waals surface area (Å²) in [5, 5.41) is 8.07. The monoisotopic (exact) mass is 176 g/mol. The molecule has 0 amide bonds. The molecule has 0 saturated heterocycles. The van der Waals surface area contributed by atoms with Crippen molar-refractivity contribution in [3.63, 3.8) is 0 Å². The smallest absolute Gasteiger partial charge is 0.302 e. The minimum absolute atomic E-state index is 0.0255. The van der Waals surface area contributed by atoms with Crippen molar-refractivity contribution < 1.29 is 14.6 Å². The number of carbonyl (C=O) groups excluding carboxylic acids is 1. The molecule has 0 aromatic rings. The Kier molecular flexibility index (Phi) is 12.2. The standard InChI is InChI=1S/C5H10O2.C4H10O/c1-4(2)7-5(3)6;1-2-3-4-5/h4H,1-3H3;5H,2-4H2,1H3. The molecule has 0 atom stereocenters. The second kappa shape index (κ2) is 10.4. The van der Waals surface area contributed by atoms with Gasteiger partial charge in [-0.2, -0.15) is 0 Å². The van der Waals surface area contributed by atoms with Crippen molar-refractivity contribution in [2.45, 2.75) is 46.6 Å². The molecule has 0 aliphatic rings. The molecule has 3 heteroatoms. The van der Waals surface area contributed by atoms with Crippen LogP contribution in [0.3, 0.4) is 0 Å². The van der Waals surface area contributed by atoms with Crippen LogP contribution in [0.2, 0.25) is 0 Å². The second-order valence-corrected chi connectivity index (χ2v) is 2.74. The molecule has 0 spiro atoms. The fourth-order valence-corrected chi connectivity index (χ4v) is 0.490. The van der Waals surface area contributed by atoms with E-state index in [1.54, 1.807) is 0 Å². The van der Waals surface area contributed by atoms with Crippen LogP contribution in [0.1, 0.15) is 40.5 Å². The van der Waals surface area contributed by atoms with Gasteiger partial charge in [-0.15, -0.1) is 0 Å². The first-order valence-electron chi connectivity index (χ1n) is 4.32. The van der Waals surface area contributed by atoms with Crippen LogP contribution in [0.5, 0.6) is 0 Å². The summed E-state index contributed by atoms with van der Waals surface area (Å²) in [6, 6.07) is 0. The summed E-state index contributed by atoms with van der Waals surface area (Å²) in [7, 11) is 0. The van der Waals surface area contributed by atoms with Gasteiger partial charge >= 0.3 is 5.97 Å². The summed E-state index contributed by atoms with van der Waals surface area (Å²) in [6.07, 6.45) is 2.06. The highest BCUT2D eigenvalue weighted by atomic mass is 16.5. The maximum Gasteiger partial charge on any atom is 0.302 e. The van der Waals surface area contributed by atoms with E-state index < -0.39 is 0 Å². The Balaban J connectivity index is 0. The van der Waals surface area contributed by atoms with Gasteiger partial charge in [0.2, 0.25) is 0 Å². The van der Waals surface area contributed by atoms with Gasteiger partial charge < -0.3 is 9.84 Å². The van der Waals surface area contributed by atoms with Crippen LogP contribution < -0.4 is 0 Å². The predicted molar refractivity (Wildman–Crippen MR) is 48.9 cm³/mol. The van der Waals surface area contributed by atoms with E-state index in [1.165, 1.54) is 6.92 Å². The van der Waals surface area contributed by atoms with Crippen LogP contribution in [0.4, 0.5) is 0 Å². The molecular weight excluding hydrogens is 156 g/mol. The van der Waals surface area contributed by atoms with Crippen molar-refractivity contribution in [1.82, 2.24) is 0 Å². The average molecular weight is 176 g/mol. The van der Waals surface area contributed by atoms with E-state index in [1.807, 2.05) is 13.8 Å². The highest BCUT2D eigenvalue weighted by Crippen LogP contribution is 1.85. The average Bonchev–Trinajstić information content (AvgIpc) is 1.87. The van der Waals surface area contributed by atoms with Crippen LogP contribution in [0, 0.1) is 0 Å². The first kappa shape index (κ1) is 14.0. The summed E-state index contributed by atoms with van der Waals surface area (Å²) in [6.45, 7) is 7.44. The molecule has 0 radical (unpaired) electrons. The summed E-state index contributed by atoms with van der Waals surface area (Å²) in [5.74, 6) is -0.213. The highest BCUT2D eigenvalue weighted by molar-refractivity contribution is 5.66. The van der Waals surface area contributed by atoms with E-state index in [0.717, 1.165) is 12.8 Å². The first-order valence-corrected chi connectivity index (χ1v) is 4.32. The summed E-state index contributed by atoms with van der Waals surface area (Å²) in [4.78, 5) is 10.0. The molecule has 0 aliphatic heterocycles. The van der Waals surface area contributed by atoms with Crippen LogP contribution in [-0.4, -0.2) is 23.8 Å². The van der Waals surface area contributed by atoms with Crippen molar-refractivity contribution in [3.05, 3.63) is 0 Å². The zero-order chi connectivity index (χ0) is 9.98. The second-order valence-electron chi connectivity index (χ2n) is 2.74. The normalized spacial score (nSPS) is 8.83. The zero-order valence-corrected chi connectivity index (χ0v) is 8.46. The molecule has 0 unspecified atom stereocenters. The molecule has 0 bridgehead atoms. The highest BCUT2D eigenvalue weighted by Gasteiger charge is 1.93. The largest absolute Gasteiger partial charge is 0.463 e. The quantitative estimate of drug-likeness (QED) is 0.666. The van der Waals surface area contributed by atoms with Gasteiger partial charge in [-0.25, -0.2) is 0 Å². The number of hydrogen-bond donors (Lipinski definition) is 1. The third-order valence-electron chi connectivity index (χ3n) is 0.913. The van der Waals surface area contributed by atoms with Crippen LogP contribution in [0.25, 0.3) is 0 Å². The molecule has 0 aromatic heterocycles. The van der Waals surface area contributed by atoms with Crippen molar-refractivity contribution in [2.24, 2.45) is 0 Å². The third kappa shape index (κ3) is 22.7. The molecule has 1 N–H and O–H groups in total. The Labute approximate surface area is 74.7 Å². The fourth-order valence-electron chi connectivity index (χ4n) is 0.490. The molecule has 0 aliphatic carbocycles. The van der Waals surface area contributed by atoms with Gasteiger partial charge in [0, 0.05) is 13.5 Å². The molecule has 0 heterocycles. The Morgan fingerprint density at radius 3 is 2.00 bits per heavy atom. The minimum atomic E-state index is -0.213. The molecule has 0 aromatic carbocycles. The van der Waals surface area contributed by atoms with Crippen molar-refractivity contribution in [3.8, 4) is 0 Å². The van der Waals surface area contributed by atoms with Crippen molar-refractivity contribution in [1.29, 1.82) is 0 Å². The number of hydrogen-bond acceptors (Lipinski definition) is 3. The lowest BCUT2D eigenvalue weighted by Crippen LogP contribution is -2.06. The van der Waals surface area contributed by atoms with E-state index in [0.29, 0.717) is 6.61 Å². The third-order valence-corrected chi connectivity index (χ3v) is 0.913. The van der Waals surface area contributed by atoms with E-state index in [2.05, 4.69) is 11.7 Å². The molecule has 0 saturated carbocycles. The van der Waals surface area contributed by atoms with Crippen LogP contribution >= 0.6 is 0 Å². The number of aliphatic hydroxyl groups is 1. The van der Waals surface area contributed by atoms with Crippen LogP contribution in [-0.2, 0) is 9.53 Å². The summed E-state index contributed by atoms with van der Waals surface area (Å²) < 4.78 is 4.61. The van der Waals surface area contributed by atoms with Gasteiger partial charge in [-0.3, -0.25) is 4.79 Å². The number of carbonyl (C=O) groups is 1. The number of aliphatic hydroxyl groups excluding tert-OH is 1. The van der Waals surface area contributed by atoms with Gasteiger partial charge in [-0.05, 0) is 20.3 Å². The van der Waals surface area contributed by atoms with Gasteiger partial charge in [0.15, 0.2) is 0 Å². The molecular formula is C9H20O3. The van der Waals surface area contributed by atoms with Crippen molar-refractivity contribution in [2.75, 3.05) is 6.61 Å². The topological polar surface area (TPSA) is 46.5 Å². The van der Waals surface area contributed by atoms with Crippen molar-refractivity contribution >= 4 is 5.97 Å². The number of unbranched alkanes of at least 4 members (excludes halogenated alkanes) is 1. The lowest BCUT2D eigenvalue weighted by molar-refractivity contribution is -0.144. The first-order chi connectivity index (χ1) is 5.54. The van der Waals surface area contributed by atoms with E-state index >= 15 is 0 Å². The maximum absolute atomic E-state index is 10.0. The fraction of sp³-hybridized carbons (Fsp3) is 0.889. The molecule has 3 nitrogen and oxygen atoms in total. The van der Waals surface area contributed by atoms with Gasteiger partial charge in [-0.1, -0.05) is 13.3 Å². The lowest BCUT2D eigenvalue weighted by atomic mass is 10.4. The van der Waals surface area contributed by atoms with Gasteiger partial charge in [0.05, 0.1) is 6.10 Å². The van der Waals surface area contributed by atoms with E-state index in [9.17, 15) is 4.79 Å². The summed E-state index contributed by atoms with van der Waals surface area (Å²) >= 11 is 0. The predicted octanol–water partition coefficient (Wildman–Crippen LogP) is 1.74. The van der Waals surface area contributed by atoms with Gasteiger partial charge in [0.1, 0.15) is 0 Å². The maximum atomic E-state index is 10.0. The number of rotatable bonds is 3. The van der Waals surface area contributed by atoms with Crippen LogP contribution in [0.15, 0.2) is 0 Å².